The number of methoxy groups -OCH3 is 1. The van der Waals surface area contributed by atoms with Crippen LogP contribution in [0.25, 0.3) is 0 Å². The highest BCUT2D eigenvalue weighted by Crippen LogP contribution is 2.28. The Bertz CT molecular complexity index is 1100. The molecule has 0 atom stereocenters. The number of ether oxygens (including phenoxy) is 2. The third-order valence-corrected chi connectivity index (χ3v) is 7.10. The molecular formula is C22H25N3O5S. The van der Waals surface area contributed by atoms with Gasteiger partial charge < -0.3 is 14.8 Å². The van der Waals surface area contributed by atoms with E-state index in [4.69, 9.17) is 14.7 Å². The van der Waals surface area contributed by atoms with Gasteiger partial charge in [0.05, 0.1) is 23.6 Å². The largest absolute Gasteiger partial charge is 0.493 e. The van der Waals surface area contributed by atoms with Gasteiger partial charge in [0.1, 0.15) is 0 Å². The van der Waals surface area contributed by atoms with Crippen LogP contribution >= 0.6 is 0 Å². The van der Waals surface area contributed by atoms with E-state index in [1.807, 2.05) is 6.07 Å². The molecule has 2 aromatic rings. The summed E-state index contributed by atoms with van der Waals surface area (Å²) in [6, 6.07) is 11.5. The van der Waals surface area contributed by atoms with Gasteiger partial charge in [0.15, 0.2) is 18.1 Å². The predicted molar refractivity (Wildman–Crippen MR) is 116 cm³/mol. The summed E-state index contributed by atoms with van der Waals surface area (Å²) >= 11 is 0. The summed E-state index contributed by atoms with van der Waals surface area (Å²) in [4.78, 5) is 12.6. The monoisotopic (exact) mass is 443 g/mol. The molecule has 31 heavy (non-hydrogen) atoms. The Labute approximate surface area is 182 Å². The number of nitrogens with one attached hydrogen (secondary N) is 1. The number of aryl methyl sites for hydroxylation is 1. The number of hydrogen-bond acceptors (Lipinski definition) is 6. The summed E-state index contributed by atoms with van der Waals surface area (Å²) in [5.41, 5.74) is 1.42. The Balaban J connectivity index is 1.70. The molecule has 0 spiro atoms. The molecule has 0 radical (unpaired) electrons. The van der Waals surface area contributed by atoms with Crippen molar-refractivity contribution >= 4 is 21.6 Å². The number of piperidine rings is 1. The van der Waals surface area contributed by atoms with Crippen molar-refractivity contribution in [1.82, 2.24) is 4.31 Å². The second-order valence-electron chi connectivity index (χ2n) is 7.26. The number of nitrogens with zero attached hydrogens (tertiary/aromatic N) is 2. The smallest absolute Gasteiger partial charge is 0.262 e. The van der Waals surface area contributed by atoms with Gasteiger partial charge in [0.25, 0.3) is 5.91 Å². The average Bonchev–Trinajstić information content (AvgIpc) is 2.79. The van der Waals surface area contributed by atoms with E-state index in [1.54, 1.807) is 31.2 Å². The standard InChI is InChI=1S/C22H25N3O5S/c1-16-6-8-18(13-21(16)31(27,28)25-10-4-3-5-11-25)24-22(26)15-30-19-9-7-17(14-23)12-20(19)29-2/h6-9,12-13H,3-5,10-11,15H2,1-2H3,(H,24,26). The topological polar surface area (TPSA) is 109 Å². The van der Waals surface area contributed by atoms with Gasteiger partial charge in [0, 0.05) is 24.8 Å². The van der Waals surface area contributed by atoms with Crippen molar-refractivity contribution in [2.45, 2.75) is 31.1 Å². The molecule has 164 valence electrons. The van der Waals surface area contributed by atoms with Crippen LogP contribution in [0.4, 0.5) is 5.69 Å². The van der Waals surface area contributed by atoms with Crippen molar-refractivity contribution in [3.8, 4) is 17.6 Å². The molecule has 9 heteroatoms. The fourth-order valence-corrected chi connectivity index (χ4v) is 5.16. The summed E-state index contributed by atoms with van der Waals surface area (Å²) in [6.07, 6.45) is 2.74. The second-order valence-corrected chi connectivity index (χ2v) is 9.17. The fourth-order valence-electron chi connectivity index (χ4n) is 3.40. The molecule has 1 aliphatic heterocycles. The van der Waals surface area contributed by atoms with Crippen molar-refractivity contribution in [3.63, 3.8) is 0 Å². The number of anilines is 1. The molecule has 1 N–H and O–H groups in total. The highest BCUT2D eigenvalue weighted by atomic mass is 32.2. The minimum Gasteiger partial charge on any atom is -0.493 e. The van der Waals surface area contributed by atoms with Gasteiger partial charge in [-0.05, 0) is 49.6 Å². The number of rotatable bonds is 7. The van der Waals surface area contributed by atoms with Gasteiger partial charge >= 0.3 is 0 Å². The quantitative estimate of drug-likeness (QED) is 0.704. The molecular weight excluding hydrogens is 418 g/mol. The summed E-state index contributed by atoms with van der Waals surface area (Å²) in [5, 5.41) is 11.6. The van der Waals surface area contributed by atoms with Gasteiger partial charge in [0.2, 0.25) is 10.0 Å². The molecule has 0 unspecified atom stereocenters. The van der Waals surface area contributed by atoms with Gasteiger partial charge in [-0.15, -0.1) is 0 Å². The van der Waals surface area contributed by atoms with Crippen LogP contribution in [-0.2, 0) is 14.8 Å². The Morgan fingerprint density at radius 3 is 2.55 bits per heavy atom. The molecule has 1 aliphatic rings. The Kier molecular flexibility index (Phi) is 7.15. The van der Waals surface area contributed by atoms with Crippen LogP contribution in [-0.4, -0.2) is 45.4 Å². The second kappa shape index (κ2) is 9.81. The molecule has 0 aromatic heterocycles. The zero-order valence-corrected chi connectivity index (χ0v) is 18.4. The van der Waals surface area contributed by atoms with Crippen LogP contribution in [0.1, 0.15) is 30.4 Å². The molecule has 1 saturated heterocycles. The lowest BCUT2D eigenvalue weighted by molar-refractivity contribution is -0.118. The highest BCUT2D eigenvalue weighted by Gasteiger charge is 2.27. The van der Waals surface area contributed by atoms with Gasteiger partial charge in [-0.1, -0.05) is 12.5 Å². The maximum atomic E-state index is 13.0. The zero-order valence-electron chi connectivity index (χ0n) is 17.6. The first kappa shape index (κ1) is 22.6. The van der Waals surface area contributed by atoms with Crippen LogP contribution in [0.5, 0.6) is 11.5 Å². The maximum absolute atomic E-state index is 13.0. The van der Waals surface area contributed by atoms with Crippen molar-refractivity contribution in [2.24, 2.45) is 0 Å². The maximum Gasteiger partial charge on any atom is 0.262 e. The number of hydrogen-bond donors (Lipinski definition) is 1. The SMILES string of the molecule is COc1cc(C#N)ccc1OCC(=O)Nc1ccc(C)c(S(=O)(=O)N2CCCCC2)c1. The predicted octanol–water partition coefficient (Wildman–Crippen LogP) is 3.07. The first-order valence-corrected chi connectivity index (χ1v) is 11.4. The summed E-state index contributed by atoms with van der Waals surface area (Å²) in [6.45, 7) is 2.46. The summed E-state index contributed by atoms with van der Waals surface area (Å²) in [7, 11) is -2.17. The van der Waals surface area contributed by atoms with Crippen molar-refractivity contribution in [2.75, 3.05) is 32.1 Å². The van der Waals surface area contributed by atoms with E-state index in [-0.39, 0.29) is 11.5 Å². The molecule has 3 rings (SSSR count). The third-order valence-electron chi connectivity index (χ3n) is 5.06. The molecule has 1 heterocycles. The van der Waals surface area contributed by atoms with Gasteiger partial charge in [-0.3, -0.25) is 4.79 Å². The van der Waals surface area contributed by atoms with Crippen LogP contribution < -0.4 is 14.8 Å². The van der Waals surface area contributed by atoms with Gasteiger partial charge in [-0.2, -0.15) is 9.57 Å². The average molecular weight is 444 g/mol. The number of sulfonamides is 1. The van der Waals surface area contributed by atoms with E-state index in [0.29, 0.717) is 41.4 Å². The normalized spacial score (nSPS) is 14.5. The van der Waals surface area contributed by atoms with E-state index in [2.05, 4.69) is 5.32 Å². The molecule has 0 aliphatic carbocycles. The van der Waals surface area contributed by atoms with E-state index in [0.717, 1.165) is 19.3 Å². The van der Waals surface area contributed by atoms with E-state index >= 15 is 0 Å². The van der Waals surface area contributed by atoms with Crippen molar-refractivity contribution < 1.29 is 22.7 Å². The van der Waals surface area contributed by atoms with Crippen LogP contribution in [0.15, 0.2) is 41.3 Å². The molecule has 0 saturated carbocycles. The van der Waals surface area contributed by atoms with Crippen molar-refractivity contribution in [3.05, 3.63) is 47.5 Å². The summed E-state index contributed by atoms with van der Waals surface area (Å²) < 4.78 is 38.3. The molecule has 1 fully saturated rings. The lowest BCUT2D eigenvalue weighted by atomic mass is 10.2. The van der Waals surface area contributed by atoms with E-state index in [1.165, 1.54) is 23.5 Å². The Morgan fingerprint density at radius 1 is 1.13 bits per heavy atom. The van der Waals surface area contributed by atoms with E-state index in [9.17, 15) is 13.2 Å². The minimum atomic E-state index is -3.61. The van der Waals surface area contributed by atoms with Crippen LogP contribution in [0.3, 0.4) is 0 Å². The molecule has 1 amide bonds. The number of carbonyl (C=O) groups excluding carboxylic acids is 1. The lowest BCUT2D eigenvalue weighted by Gasteiger charge is -2.26. The number of amides is 1. The number of nitriles is 1. The molecule has 0 bridgehead atoms. The Hall–Kier alpha value is -3.09. The van der Waals surface area contributed by atoms with E-state index < -0.39 is 15.9 Å². The first-order chi connectivity index (χ1) is 14.8. The van der Waals surface area contributed by atoms with Crippen molar-refractivity contribution in [1.29, 1.82) is 5.26 Å². The first-order valence-electron chi connectivity index (χ1n) is 9.97. The lowest BCUT2D eigenvalue weighted by Crippen LogP contribution is -2.36. The molecule has 8 nitrogen and oxygen atoms in total. The van der Waals surface area contributed by atoms with Crippen LogP contribution in [0, 0.1) is 18.3 Å². The minimum absolute atomic E-state index is 0.196. The zero-order chi connectivity index (χ0) is 22.4. The van der Waals surface area contributed by atoms with Crippen LogP contribution in [0.2, 0.25) is 0 Å². The fraction of sp³-hybridized carbons (Fsp3) is 0.364. The molecule has 2 aromatic carbocycles. The third kappa shape index (κ3) is 5.34. The highest BCUT2D eigenvalue weighted by molar-refractivity contribution is 7.89. The summed E-state index contributed by atoms with van der Waals surface area (Å²) in [5.74, 6) is 0.225. The van der Waals surface area contributed by atoms with Gasteiger partial charge in [-0.25, -0.2) is 8.42 Å². The Morgan fingerprint density at radius 2 is 1.87 bits per heavy atom. The number of benzene rings is 2. The number of carbonyl (C=O) groups is 1.